The molecule has 0 radical (unpaired) electrons. The summed E-state index contributed by atoms with van der Waals surface area (Å²) in [7, 11) is 0. The molecule has 1 aromatic carbocycles. The zero-order chi connectivity index (χ0) is 17.8. The fourth-order valence-corrected chi connectivity index (χ4v) is 2.93. The largest absolute Gasteiger partial charge is 0.364 e. The fourth-order valence-electron chi connectivity index (χ4n) is 2.29. The predicted molar refractivity (Wildman–Crippen MR) is 96.0 cm³/mol. The van der Waals surface area contributed by atoms with Crippen LogP contribution in [0, 0.1) is 20.8 Å². The van der Waals surface area contributed by atoms with Crippen molar-refractivity contribution in [2.75, 3.05) is 11.9 Å². The second-order valence-electron chi connectivity index (χ2n) is 5.59. The van der Waals surface area contributed by atoms with E-state index in [1.54, 1.807) is 6.33 Å². The molecule has 8 heteroatoms. The van der Waals surface area contributed by atoms with Crippen LogP contribution in [-0.2, 0) is 16.1 Å². The van der Waals surface area contributed by atoms with Crippen LogP contribution in [-0.4, -0.2) is 32.3 Å². The molecular formula is C17H19N5O2S. The van der Waals surface area contributed by atoms with Gasteiger partial charge in [0.25, 0.3) is 0 Å². The molecule has 25 heavy (non-hydrogen) atoms. The molecule has 7 nitrogen and oxygen atoms in total. The van der Waals surface area contributed by atoms with Gasteiger partial charge in [-0.3, -0.25) is 4.79 Å². The van der Waals surface area contributed by atoms with Gasteiger partial charge < -0.3 is 14.6 Å². The SMILES string of the molecule is Cc1nnc(COCC(=O)Nc2ccc(-n3cnc(C)c3C)cc2)s1. The van der Waals surface area contributed by atoms with E-state index >= 15 is 0 Å². The predicted octanol–water partition coefficient (Wildman–Crippen LogP) is 2.80. The molecule has 1 N–H and O–H groups in total. The molecule has 1 amide bonds. The number of hydrogen-bond acceptors (Lipinski definition) is 6. The highest BCUT2D eigenvalue weighted by Gasteiger charge is 2.07. The summed E-state index contributed by atoms with van der Waals surface area (Å²) in [6, 6.07) is 7.59. The van der Waals surface area contributed by atoms with Crippen LogP contribution in [0.5, 0.6) is 0 Å². The van der Waals surface area contributed by atoms with Crippen molar-refractivity contribution in [3.63, 3.8) is 0 Å². The van der Waals surface area contributed by atoms with Crippen LogP contribution in [0.4, 0.5) is 5.69 Å². The number of imidazole rings is 1. The summed E-state index contributed by atoms with van der Waals surface area (Å²) < 4.78 is 7.37. The second kappa shape index (κ2) is 7.54. The number of anilines is 1. The van der Waals surface area contributed by atoms with Crippen LogP contribution >= 0.6 is 11.3 Å². The van der Waals surface area contributed by atoms with Crippen molar-refractivity contribution in [3.05, 3.63) is 52.0 Å². The van der Waals surface area contributed by atoms with Gasteiger partial charge in [0, 0.05) is 17.1 Å². The molecule has 0 aliphatic carbocycles. The van der Waals surface area contributed by atoms with E-state index in [1.807, 2.05) is 49.6 Å². The molecule has 2 aromatic heterocycles. The Hall–Kier alpha value is -2.58. The maximum atomic E-state index is 11.9. The Balaban J connectivity index is 1.52. The second-order valence-corrected chi connectivity index (χ2v) is 6.85. The number of hydrogen-bond donors (Lipinski definition) is 1. The molecule has 0 fully saturated rings. The summed E-state index contributed by atoms with van der Waals surface area (Å²) in [5, 5.41) is 12.3. The standard InChI is InChI=1S/C17H19N5O2S/c1-11-12(2)22(10-18-11)15-6-4-14(5-7-15)19-16(23)8-24-9-17-21-20-13(3)25-17/h4-7,10H,8-9H2,1-3H3,(H,19,23). The number of amides is 1. The van der Waals surface area contributed by atoms with Crippen molar-refractivity contribution in [2.24, 2.45) is 0 Å². The smallest absolute Gasteiger partial charge is 0.250 e. The zero-order valence-corrected chi connectivity index (χ0v) is 15.1. The summed E-state index contributed by atoms with van der Waals surface area (Å²) in [5.41, 5.74) is 3.81. The van der Waals surface area contributed by atoms with Crippen LogP contribution in [0.1, 0.15) is 21.4 Å². The summed E-state index contributed by atoms with van der Waals surface area (Å²) in [5.74, 6) is -0.205. The zero-order valence-electron chi connectivity index (χ0n) is 14.3. The molecule has 0 saturated carbocycles. The lowest BCUT2D eigenvalue weighted by molar-refractivity contribution is -0.121. The number of carbonyl (C=O) groups excluding carboxylic acids is 1. The summed E-state index contributed by atoms with van der Waals surface area (Å²) in [4.78, 5) is 16.2. The number of benzene rings is 1. The quantitative estimate of drug-likeness (QED) is 0.733. The molecule has 0 spiro atoms. The third-order valence-electron chi connectivity index (χ3n) is 3.71. The molecule has 3 rings (SSSR count). The molecule has 0 aliphatic rings. The number of rotatable bonds is 6. The van der Waals surface area contributed by atoms with Gasteiger partial charge in [0.15, 0.2) is 0 Å². The highest BCUT2D eigenvalue weighted by atomic mass is 32.1. The summed E-state index contributed by atoms with van der Waals surface area (Å²) >= 11 is 1.46. The van der Waals surface area contributed by atoms with E-state index in [9.17, 15) is 4.79 Å². The molecule has 0 aliphatic heterocycles. The first-order valence-electron chi connectivity index (χ1n) is 7.80. The van der Waals surface area contributed by atoms with Crippen molar-refractivity contribution in [1.29, 1.82) is 0 Å². The van der Waals surface area contributed by atoms with Gasteiger partial charge in [0.1, 0.15) is 23.2 Å². The van der Waals surface area contributed by atoms with Crippen LogP contribution in [0.3, 0.4) is 0 Å². The number of aryl methyl sites for hydroxylation is 2. The maximum absolute atomic E-state index is 11.9. The average molecular weight is 357 g/mol. The lowest BCUT2D eigenvalue weighted by Crippen LogP contribution is -2.18. The Morgan fingerprint density at radius 2 is 1.96 bits per heavy atom. The van der Waals surface area contributed by atoms with Crippen LogP contribution < -0.4 is 5.32 Å². The van der Waals surface area contributed by atoms with E-state index in [2.05, 4.69) is 20.5 Å². The van der Waals surface area contributed by atoms with Gasteiger partial charge in [-0.15, -0.1) is 10.2 Å². The monoisotopic (exact) mass is 357 g/mol. The molecular weight excluding hydrogens is 338 g/mol. The number of ether oxygens (including phenoxy) is 1. The van der Waals surface area contributed by atoms with Crippen molar-refractivity contribution in [3.8, 4) is 5.69 Å². The van der Waals surface area contributed by atoms with Gasteiger partial charge in [-0.1, -0.05) is 11.3 Å². The first-order valence-corrected chi connectivity index (χ1v) is 8.62. The third-order valence-corrected chi connectivity index (χ3v) is 4.52. The third kappa shape index (κ3) is 4.28. The molecule has 0 unspecified atom stereocenters. The first kappa shape index (κ1) is 17.2. The molecule has 2 heterocycles. The van der Waals surface area contributed by atoms with E-state index in [0.717, 1.165) is 32.8 Å². The summed E-state index contributed by atoms with van der Waals surface area (Å²) in [6.07, 6.45) is 1.79. The average Bonchev–Trinajstić information content (AvgIpc) is 3.15. The van der Waals surface area contributed by atoms with Gasteiger partial charge in [0.05, 0.1) is 12.0 Å². The Morgan fingerprint density at radius 1 is 1.20 bits per heavy atom. The number of nitrogens with one attached hydrogen (secondary N) is 1. The van der Waals surface area contributed by atoms with Crippen molar-refractivity contribution >= 4 is 22.9 Å². The Morgan fingerprint density at radius 3 is 2.56 bits per heavy atom. The van der Waals surface area contributed by atoms with Crippen LogP contribution in [0.25, 0.3) is 5.69 Å². The van der Waals surface area contributed by atoms with Crippen LogP contribution in [0.2, 0.25) is 0 Å². The fraction of sp³-hybridized carbons (Fsp3) is 0.294. The topological polar surface area (TPSA) is 81.9 Å². The minimum absolute atomic E-state index is 0.0276. The van der Waals surface area contributed by atoms with E-state index in [-0.39, 0.29) is 19.1 Å². The molecule has 0 atom stereocenters. The van der Waals surface area contributed by atoms with E-state index in [4.69, 9.17) is 4.74 Å². The molecule has 130 valence electrons. The lowest BCUT2D eigenvalue weighted by atomic mass is 10.2. The highest BCUT2D eigenvalue weighted by molar-refractivity contribution is 7.11. The van der Waals surface area contributed by atoms with Crippen molar-refractivity contribution in [2.45, 2.75) is 27.4 Å². The molecule has 0 saturated heterocycles. The van der Waals surface area contributed by atoms with E-state index in [0.29, 0.717) is 0 Å². The number of carbonyl (C=O) groups is 1. The molecule has 3 aromatic rings. The lowest BCUT2D eigenvalue weighted by Gasteiger charge is -2.08. The number of aromatic nitrogens is 4. The van der Waals surface area contributed by atoms with Gasteiger partial charge in [-0.25, -0.2) is 4.98 Å². The summed E-state index contributed by atoms with van der Waals surface area (Å²) in [6.45, 7) is 6.14. The Labute approximate surface area is 149 Å². The number of nitrogens with zero attached hydrogens (tertiary/aromatic N) is 4. The molecule has 0 bridgehead atoms. The van der Waals surface area contributed by atoms with Crippen molar-refractivity contribution < 1.29 is 9.53 Å². The van der Waals surface area contributed by atoms with Gasteiger partial charge in [0.2, 0.25) is 5.91 Å². The van der Waals surface area contributed by atoms with Gasteiger partial charge >= 0.3 is 0 Å². The highest BCUT2D eigenvalue weighted by Crippen LogP contribution is 2.16. The van der Waals surface area contributed by atoms with Crippen molar-refractivity contribution in [1.82, 2.24) is 19.7 Å². The van der Waals surface area contributed by atoms with E-state index in [1.165, 1.54) is 11.3 Å². The Kier molecular flexibility index (Phi) is 5.20. The van der Waals surface area contributed by atoms with Gasteiger partial charge in [-0.2, -0.15) is 0 Å². The van der Waals surface area contributed by atoms with Gasteiger partial charge in [-0.05, 0) is 45.0 Å². The first-order chi connectivity index (χ1) is 12.0. The van der Waals surface area contributed by atoms with Crippen LogP contribution in [0.15, 0.2) is 30.6 Å². The Bertz CT molecular complexity index is 870. The van der Waals surface area contributed by atoms with E-state index < -0.39 is 0 Å². The normalized spacial score (nSPS) is 10.8. The minimum atomic E-state index is -0.205. The maximum Gasteiger partial charge on any atom is 0.250 e. The minimum Gasteiger partial charge on any atom is -0.364 e.